The van der Waals surface area contributed by atoms with Gasteiger partial charge in [0.05, 0.1) is 0 Å². The molecule has 3 aromatic rings. The predicted octanol–water partition coefficient (Wildman–Crippen LogP) is 3.05. The molecular formula is C13H7BBrNO. The second kappa shape index (κ2) is 4.04. The van der Waals surface area contributed by atoms with E-state index in [0.29, 0.717) is 11.4 Å². The monoisotopic (exact) mass is 283 g/mol. The van der Waals surface area contributed by atoms with Gasteiger partial charge in [-0.3, -0.25) is 0 Å². The third-order valence-electron chi connectivity index (χ3n) is 2.50. The van der Waals surface area contributed by atoms with Crippen molar-refractivity contribution in [1.82, 2.24) is 4.98 Å². The zero-order valence-corrected chi connectivity index (χ0v) is 10.4. The van der Waals surface area contributed by atoms with Crippen LogP contribution in [0.25, 0.3) is 22.6 Å². The van der Waals surface area contributed by atoms with Gasteiger partial charge >= 0.3 is 0 Å². The molecule has 0 saturated heterocycles. The summed E-state index contributed by atoms with van der Waals surface area (Å²) in [6, 6.07) is 13.3. The number of aromatic nitrogens is 1. The van der Waals surface area contributed by atoms with Gasteiger partial charge in [-0.2, -0.15) is 0 Å². The Labute approximate surface area is 108 Å². The van der Waals surface area contributed by atoms with Gasteiger partial charge < -0.3 is 4.42 Å². The van der Waals surface area contributed by atoms with Crippen LogP contribution in [0, 0.1) is 0 Å². The predicted molar refractivity (Wildman–Crippen MR) is 72.5 cm³/mol. The molecule has 2 aromatic carbocycles. The Kier molecular flexibility index (Phi) is 2.52. The maximum Gasteiger partial charge on any atom is 0.227 e. The molecule has 4 heteroatoms. The fraction of sp³-hybridized carbons (Fsp3) is 0. The van der Waals surface area contributed by atoms with E-state index in [1.807, 2.05) is 30.3 Å². The van der Waals surface area contributed by atoms with E-state index in [0.717, 1.165) is 21.1 Å². The molecule has 0 aliphatic heterocycles. The summed E-state index contributed by atoms with van der Waals surface area (Å²) in [4.78, 5) is 4.41. The van der Waals surface area contributed by atoms with Gasteiger partial charge in [0.2, 0.25) is 5.89 Å². The van der Waals surface area contributed by atoms with Gasteiger partial charge in [-0.1, -0.05) is 27.5 Å². The van der Waals surface area contributed by atoms with Crippen molar-refractivity contribution >= 4 is 40.3 Å². The molecule has 0 spiro atoms. The van der Waals surface area contributed by atoms with Crippen LogP contribution in [0.1, 0.15) is 0 Å². The minimum atomic E-state index is 0.609. The van der Waals surface area contributed by atoms with E-state index in [4.69, 9.17) is 12.3 Å². The number of hydrogen-bond donors (Lipinski definition) is 0. The molecule has 0 saturated carbocycles. The molecule has 0 amide bonds. The van der Waals surface area contributed by atoms with Crippen LogP contribution in [-0.4, -0.2) is 12.8 Å². The number of rotatable bonds is 1. The molecule has 1 heterocycles. The first kappa shape index (κ1) is 10.6. The SMILES string of the molecule is [B]c1ccc2oc(-c3ccc(Br)cc3)nc2c1. The molecule has 17 heavy (non-hydrogen) atoms. The molecule has 2 radical (unpaired) electrons. The van der Waals surface area contributed by atoms with E-state index >= 15 is 0 Å². The standard InChI is InChI=1S/C13H7BBrNO/c14-9-3-6-12-11(7-9)16-13(17-12)8-1-4-10(15)5-2-8/h1-7H. The largest absolute Gasteiger partial charge is 0.436 e. The summed E-state index contributed by atoms with van der Waals surface area (Å²) >= 11 is 3.39. The Bertz CT molecular complexity index is 675. The van der Waals surface area contributed by atoms with Gasteiger partial charge in [-0.15, -0.1) is 0 Å². The van der Waals surface area contributed by atoms with Crippen molar-refractivity contribution in [3.63, 3.8) is 0 Å². The number of hydrogen-bond acceptors (Lipinski definition) is 2. The second-order valence-electron chi connectivity index (χ2n) is 3.75. The molecule has 2 nitrogen and oxygen atoms in total. The molecule has 0 unspecified atom stereocenters. The van der Waals surface area contributed by atoms with Crippen molar-refractivity contribution in [3.8, 4) is 11.5 Å². The summed E-state index contributed by atoms with van der Waals surface area (Å²) in [6.07, 6.45) is 0. The summed E-state index contributed by atoms with van der Waals surface area (Å²) in [6.45, 7) is 0. The zero-order valence-electron chi connectivity index (χ0n) is 8.85. The van der Waals surface area contributed by atoms with E-state index in [1.54, 1.807) is 12.1 Å². The van der Waals surface area contributed by atoms with Crippen LogP contribution in [0.2, 0.25) is 0 Å². The molecule has 0 fully saturated rings. The normalized spacial score (nSPS) is 10.9. The summed E-state index contributed by atoms with van der Waals surface area (Å²) in [5.74, 6) is 0.609. The third-order valence-corrected chi connectivity index (χ3v) is 3.03. The number of benzene rings is 2. The number of halogens is 1. The quantitative estimate of drug-likeness (QED) is 0.642. The van der Waals surface area contributed by atoms with Crippen LogP contribution in [0.15, 0.2) is 51.4 Å². The highest BCUT2D eigenvalue weighted by molar-refractivity contribution is 9.10. The Balaban J connectivity index is 2.14. The van der Waals surface area contributed by atoms with Crippen molar-refractivity contribution in [1.29, 1.82) is 0 Å². The highest BCUT2D eigenvalue weighted by Gasteiger charge is 2.07. The van der Waals surface area contributed by atoms with Crippen LogP contribution in [0.5, 0.6) is 0 Å². The second-order valence-corrected chi connectivity index (χ2v) is 4.67. The van der Waals surface area contributed by atoms with E-state index in [-0.39, 0.29) is 0 Å². The fourth-order valence-corrected chi connectivity index (χ4v) is 1.92. The molecule has 3 rings (SSSR count). The molecule has 0 bridgehead atoms. The van der Waals surface area contributed by atoms with Gasteiger partial charge in [-0.25, -0.2) is 4.98 Å². The van der Waals surface area contributed by atoms with Crippen LogP contribution < -0.4 is 5.46 Å². The first-order valence-electron chi connectivity index (χ1n) is 5.14. The van der Waals surface area contributed by atoms with E-state index < -0.39 is 0 Å². The van der Waals surface area contributed by atoms with Crippen molar-refractivity contribution in [2.24, 2.45) is 0 Å². The van der Waals surface area contributed by atoms with E-state index in [9.17, 15) is 0 Å². The number of oxazole rings is 1. The molecule has 80 valence electrons. The van der Waals surface area contributed by atoms with Crippen LogP contribution in [0.3, 0.4) is 0 Å². The van der Waals surface area contributed by atoms with Crippen molar-refractivity contribution < 1.29 is 4.42 Å². The van der Waals surface area contributed by atoms with Crippen LogP contribution in [-0.2, 0) is 0 Å². The van der Waals surface area contributed by atoms with Gasteiger partial charge in [0.1, 0.15) is 13.4 Å². The Morgan fingerprint density at radius 2 is 1.82 bits per heavy atom. The van der Waals surface area contributed by atoms with Gasteiger partial charge in [0.15, 0.2) is 5.58 Å². The highest BCUT2D eigenvalue weighted by atomic mass is 79.9. The molecule has 0 aliphatic rings. The van der Waals surface area contributed by atoms with Crippen LogP contribution in [0.4, 0.5) is 0 Å². The number of fused-ring (bicyclic) bond motifs is 1. The first-order valence-corrected chi connectivity index (χ1v) is 5.94. The molecule has 1 aromatic heterocycles. The number of nitrogens with zero attached hydrogens (tertiary/aromatic N) is 1. The highest BCUT2D eigenvalue weighted by Crippen LogP contribution is 2.24. The van der Waals surface area contributed by atoms with Crippen molar-refractivity contribution in [2.75, 3.05) is 0 Å². The fourth-order valence-electron chi connectivity index (χ4n) is 1.66. The lowest BCUT2D eigenvalue weighted by Crippen LogP contribution is -1.98. The Hall–Kier alpha value is -1.55. The average Bonchev–Trinajstić information content (AvgIpc) is 2.72. The average molecular weight is 284 g/mol. The molecular weight excluding hydrogens is 277 g/mol. The minimum Gasteiger partial charge on any atom is -0.436 e. The smallest absolute Gasteiger partial charge is 0.227 e. The first-order chi connectivity index (χ1) is 8.22. The van der Waals surface area contributed by atoms with E-state index in [1.165, 1.54) is 0 Å². The molecule has 0 aliphatic carbocycles. The Morgan fingerprint density at radius 3 is 2.59 bits per heavy atom. The van der Waals surface area contributed by atoms with Gasteiger partial charge in [0, 0.05) is 10.0 Å². The van der Waals surface area contributed by atoms with E-state index in [2.05, 4.69) is 20.9 Å². The lowest BCUT2D eigenvalue weighted by Gasteiger charge is -1.94. The van der Waals surface area contributed by atoms with Crippen LogP contribution >= 0.6 is 15.9 Å². The van der Waals surface area contributed by atoms with Gasteiger partial charge in [-0.05, 0) is 36.4 Å². The topological polar surface area (TPSA) is 26.0 Å². The van der Waals surface area contributed by atoms with Gasteiger partial charge in [0.25, 0.3) is 0 Å². The minimum absolute atomic E-state index is 0.609. The lowest BCUT2D eigenvalue weighted by molar-refractivity contribution is 0.620. The maximum atomic E-state index is 5.70. The molecule has 0 atom stereocenters. The van der Waals surface area contributed by atoms with Crippen molar-refractivity contribution in [3.05, 3.63) is 46.9 Å². The lowest BCUT2D eigenvalue weighted by atomic mass is 9.96. The summed E-state index contributed by atoms with van der Waals surface area (Å²) in [5.41, 5.74) is 3.16. The Morgan fingerprint density at radius 1 is 1.06 bits per heavy atom. The summed E-state index contributed by atoms with van der Waals surface area (Å²) < 4.78 is 6.70. The summed E-state index contributed by atoms with van der Waals surface area (Å²) in [5, 5.41) is 0. The zero-order chi connectivity index (χ0) is 11.8. The van der Waals surface area contributed by atoms with Crippen molar-refractivity contribution in [2.45, 2.75) is 0 Å². The maximum absolute atomic E-state index is 5.70. The third kappa shape index (κ3) is 2.00. The molecule has 0 N–H and O–H groups in total. The summed E-state index contributed by atoms with van der Waals surface area (Å²) in [7, 11) is 5.70.